The van der Waals surface area contributed by atoms with Gasteiger partial charge in [-0.2, -0.15) is 0 Å². The van der Waals surface area contributed by atoms with Gasteiger partial charge in [0.25, 0.3) is 10.0 Å². The van der Waals surface area contributed by atoms with Crippen LogP contribution in [0.2, 0.25) is 10.0 Å². The largest absolute Gasteiger partial charge is 0.352 e. The summed E-state index contributed by atoms with van der Waals surface area (Å²) in [5.41, 5.74) is 2.82. The molecule has 2 amide bonds. The highest BCUT2D eigenvalue weighted by Gasteiger charge is 2.33. The fourth-order valence-electron chi connectivity index (χ4n) is 4.07. The maximum atomic E-state index is 14.0. The van der Waals surface area contributed by atoms with Gasteiger partial charge in [-0.3, -0.25) is 13.9 Å². The van der Waals surface area contributed by atoms with Gasteiger partial charge in [-0.15, -0.1) is 0 Å². The van der Waals surface area contributed by atoms with E-state index >= 15 is 0 Å². The number of carbonyl (C=O) groups excluding carboxylic acids is 2. The summed E-state index contributed by atoms with van der Waals surface area (Å²) in [6, 6.07) is 17.3. The fourth-order valence-corrected chi connectivity index (χ4v) is 5.98. The van der Waals surface area contributed by atoms with Gasteiger partial charge >= 0.3 is 0 Å². The van der Waals surface area contributed by atoms with Gasteiger partial charge in [-0.25, -0.2) is 8.42 Å². The fraction of sp³-hybridized carbons (Fsp3) is 0.333. The molecule has 0 aromatic heterocycles. The average molecular weight is 605 g/mol. The van der Waals surface area contributed by atoms with Gasteiger partial charge in [0.1, 0.15) is 12.6 Å². The number of nitrogens with one attached hydrogen (secondary N) is 1. The van der Waals surface area contributed by atoms with Crippen molar-refractivity contribution in [3.05, 3.63) is 93.5 Å². The van der Waals surface area contributed by atoms with E-state index in [1.165, 1.54) is 35.2 Å². The summed E-state index contributed by atoms with van der Waals surface area (Å²) in [6.07, 6.45) is 0.725. The van der Waals surface area contributed by atoms with Gasteiger partial charge < -0.3 is 10.2 Å². The Morgan fingerprint density at radius 1 is 0.925 bits per heavy atom. The highest BCUT2D eigenvalue weighted by Crippen LogP contribution is 2.30. The summed E-state index contributed by atoms with van der Waals surface area (Å²) in [5.74, 6) is -0.878. The number of anilines is 1. The molecule has 0 saturated carbocycles. The third-order valence-corrected chi connectivity index (χ3v) is 9.02. The first-order valence-electron chi connectivity index (χ1n) is 13.0. The first-order chi connectivity index (χ1) is 18.8. The van der Waals surface area contributed by atoms with Crippen molar-refractivity contribution < 1.29 is 18.0 Å². The summed E-state index contributed by atoms with van der Waals surface area (Å²) in [4.78, 5) is 28.6. The molecule has 10 heteroatoms. The quantitative estimate of drug-likeness (QED) is 0.285. The van der Waals surface area contributed by atoms with Crippen LogP contribution in [0.3, 0.4) is 0 Å². The third kappa shape index (κ3) is 7.77. The molecule has 214 valence electrons. The molecule has 0 aliphatic heterocycles. The van der Waals surface area contributed by atoms with Crippen molar-refractivity contribution in [2.45, 2.75) is 64.6 Å². The SMILES string of the molecule is CC[C@H](C)NC(=O)[C@H](C)N(Cc1ccccc1C)C(=O)CN(c1cc(Cl)cc(Cl)c1)S(=O)(=O)c1ccc(C)cc1. The average Bonchev–Trinajstić information content (AvgIpc) is 2.90. The van der Waals surface area contributed by atoms with E-state index in [4.69, 9.17) is 23.2 Å². The van der Waals surface area contributed by atoms with Crippen LogP contribution in [0.25, 0.3) is 0 Å². The molecule has 1 N–H and O–H groups in total. The van der Waals surface area contributed by atoms with Gasteiger partial charge in [-0.1, -0.05) is 72.1 Å². The molecule has 2 atom stereocenters. The molecule has 3 rings (SSSR count). The highest BCUT2D eigenvalue weighted by atomic mass is 35.5. The molecule has 0 unspecified atom stereocenters. The molecule has 0 aliphatic carbocycles. The summed E-state index contributed by atoms with van der Waals surface area (Å²) in [7, 11) is -4.21. The maximum absolute atomic E-state index is 14.0. The number of halogens is 2. The van der Waals surface area contributed by atoms with Crippen molar-refractivity contribution in [2.75, 3.05) is 10.8 Å². The van der Waals surface area contributed by atoms with Gasteiger partial charge in [-0.05, 0) is 75.6 Å². The summed E-state index contributed by atoms with van der Waals surface area (Å²) >= 11 is 12.5. The van der Waals surface area contributed by atoms with E-state index in [9.17, 15) is 18.0 Å². The van der Waals surface area contributed by atoms with E-state index in [0.29, 0.717) is 0 Å². The zero-order chi connectivity index (χ0) is 29.6. The second-order valence-corrected chi connectivity index (χ2v) is 12.6. The molecule has 0 radical (unpaired) electrons. The number of nitrogens with zero attached hydrogens (tertiary/aromatic N) is 2. The van der Waals surface area contributed by atoms with Gasteiger partial charge in [0.15, 0.2) is 0 Å². The number of sulfonamides is 1. The van der Waals surface area contributed by atoms with Crippen molar-refractivity contribution in [1.82, 2.24) is 10.2 Å². The molecule has 3 aromatic carbocycles. The molecule has 0 heterocycles. The number of amides is 2. The van der Waals surface area contributed by atoms with Gasteiger partial charge in [0, 0.05) is 22.6 Å². The van der Waals surface area contributed by atoms with Crippen molar-refractivity contribution in [1.29, 1.82) is 0 Å². The van der Waals surface area contributed by atoms with Crippen LogP contribution >= 0.6 is 23.2 Å². The lowest BCUT2D eigenvalue weighted by atomic mass is 10.1. The van der Waals surface area contributed by atoms with E-state index in [1.54, 1.807) is 19.1 Å². The number of benzene rings is 3. The molecule has 7 nitrogen and oxygen atoms in total. The Bertz CT molecular complexity index is 1440. The van der Waals surface area contributed by atoms with E-state index in [2.05, 4.69) is 5.32 Å². The van der Waals surface area contributed by atoms with E-state index in [-0.39, 0.29) is 39.1 Å². The number of rotatable bonds is 11. The predicted octanol–water partition coefficient (Wildman–Crippen LogP) is 6.14. The molecular formula is C30H35Cl2N3O4S. The molecule has 3 aromatic rings. The zero-order valence-electron chi connectivity index (χ0n) is 23.3. The standard InChI is InChI=1S/C30H35Cl2N3O4S/c1-6-22(4)33-30(37)23(5)34(18-24-10-8-7-9-21(24)3)29(36)19-35(27-16-25(31)15-26(32)17-27)40(38,39)28-13-11-20(2)12-14-28/h7-17,22-23H,6,18-19H2,1-5H3,(H,33,37)/t22-,23-/m0/s1. The Hall–Kier alpha value is -3.07. The molecular weight excluding hydrogens is 569 g/mol. The van der Waals surface area contributed by atoms with Gasteiger partial charge in [0.2, 0.25) is 11.8 Å². The molecule has 0 saturated heterocycles. The van der Waals surface area contributed by atoms with Crippen molar-refractivity contribution in [3.63, 3.8) is 0 Å². The van der Waals surface area contributed by atoms with Crippen LogP contribution in [0.1, 0.15) is 43.9 Å². The number of aryl methyl sites for hydroxylation is 2. The Balaban J connectivity index is 2.07. The predicted molar refractivity (Wildman–Crippen MR) is 161 cm³/mol. The zero-order valence-corrected chi connectivity index (χ0v) is 25.6. The highest BCUT2D eigenvalue weighted by molar-refractivity contribution is 7.92. The number of hydrogen-bond donors (Lipinski definition) is 1. The molecule has 0 spiro atoms. The van der Waals surface area contributed by atoms with E-state index in [0.717, 1.165) is 27.4 Å². The minimum atomic E-state index is -4.21. The van der Waals surface area contributed by atoms with Crippen molar-refractivity contribution >= 4 is 50.7 Å². The lowest BCUT2D eigenvalue weighted by Gasteiger charge is -2.33. The number of carbonyl (C=O) groups is 2. The van der Waals surface area contributed by atoms with Gasteiger partial charge in [0.05, 0.1) is 10.6 Å². The summed E-state index contributed by atoms with van der Waals surface area (Å²) in [5, 5.41) is 3.37. The van der Waals surface area contributed by atoms with Crippen LogP contribution in [0.4, 0.5) is 5.69 Å². The molecule has 40 heavy (non-hydrogen) atoms. The monoisotopic (exact) mass is 603 g/mol. The Morgan fingerprint density at radius 2 is 1.52 bits per heavy atom. The number of hydrogen-bond acceptors (Lipinski definition) is 4. The Kier molecular flexibility index (Phi) is 10.6. The minimum Gasteiger partial charge on any atom is -0.352 e. The van der Waals surface area contributed by atoms with Crippen LogP contribution in [-0.4, -0.2) is 43.8 Å². The summed E-state index contributed by atoms with van der Waals surface area (Å²) in [6.45, 7) is 8.80. The lowest BCUT2D eigenvalue weighted by molar-refractivity contribution is -0.139. The topological polar surface area (TPSA) is 86.8 Å². The van der Waals surface area contributed by atoms with E-state index < -0.39 is 28.5 Å². The first-order valence-corrected chi connectivity index (χ1v) is 15.2. The lowest BCUT2D eigenvalue weighted by Crippen LogP contribution is -2.52. The second kappa shape index (κ2) is 13.5. The first kappa shape index (κ1) is 31.5. The Morgan fingerprint density at radius 3 is 2.10 bits per heavy atom. The van der Waals surface area contributed by atoms with Crippen LogP contribution < -0.4 is 9.62 Å². The third-order valence-electron chi connectivity index (χ3n) is 6.79. The van der Waals surface area contributed by atoms with Crippen LogP contribution in [0, 0.1) is 13.8 Å². The normalized spacial score (nSPS) is 12.9. The minimum absolute atomic E-state index is 0.00927. The smallest absolute Gasteiger partial charge is 0.264 e. The van der Waals surface area contributed by atoms with Crippen LogP contribution in [0.5, 0.6) is 0 Å². The Labute approximate surface area is 247 Å². The second-order valence-electron chi connectivity index (χ2n) is 9.89. The molecule has 0 bridgehead atoms. The van der Waals surface area contributed by atoms with Crippen molar-refractivity contribution in [2.24, 2.45) is 0 Å². The summed E-state index contributed by atoms with van der Waals surface area (Å²) < 4.78 is 28.8. The van der Waals surface area contributed by atoms with Crippen LogP contribution in [0.15, 0.2) is 71.6 Å². The maximum Gasteiger partial charge on any atom is 0.264 e. The molecule has 0 aliphatic rings. The van der Waals surface area contributed by atoms with E-state index in [1.807, 2.05) is 52.0 Å². The van der Waals surface area contributed by atoms with Crippen molar-refractivity contribution in [3.8, 4) is 0 Å². The van der Waals surface area contributed by atoms with Crippen LogP contribution in [-0.2, 0) is 26.2 Å². The molecule has 0 fully saturated rings.